The van der Waals surface area contributed by atoms with Gasteiger partial charge in [0.25, 0.3) is 0 Å². The summed E-state index contributed by atoms with van der Waals surface area (Å²) >= 11 is 0. The van der Waals surface area contributed by atoms with Crippen LogP contribution in [-0.2, 0) is 11.0 Å². The molecule has 0 aliphatic carbocycles. The summed E-state index contributed by atoms with van der Waals surface area (Å²) < 4.78 is 37.7. The number of hydrogen-bond donors (Lipinski definition) is 1. The first-order chi connectivity index (χ1) is 8.79. The van der Waals surface area contributed by atoms with Gasteiger partial charge < -0.3 is 10.6 Å². The molecule has 0 bridgehead atoms. The van der Waals surface area contributed by atoms with E-state index in [1.54, 1.807) is 4.90 Å². The van der Waals surface area contributed by atoms with Crippen LogP contribution in [0.25, 0.3) is 0 Å². The lowest BCUT2D eigenvalue weighted by Crippen LogP contribution is -2.29. The predicted octanol–water partition coefficient (Wildman–Crippen LogP) is 1.05. The first-order valence-electron chi connectivity index (χ1n) is 5.73. The Labute approximate surface area is 107 Å². The highest BCUT2D eigenvalue weighted by atomic mass is 19.4. The summed E-state index contributed by atoms with van der Waals surface area (Å²) in [5, 5.41) is 0. The van der Waals surface area contributed by atoms with Crippen LogP contribution in [0.4, 0.5) is 19.1 Å². The fourth-order valence-corrected chi connectivity index (χ4v) is 2.16. The number of carbonyl (C=O) groups excluding carboxylic acids is 1. The Kier molecular flexibility index (Phi) is 3.34. The number of anilines is 1. The van der Waals surface area contributed by atoms with Crippen LogP contribution in [0.5, 0.6) is 0 Å². The molecule has 2 heterocycles. The maximum Gasteiger partial charge on any atom is 0.433 e. The highest BCUT2D eigenvalue weighted by Crippen LogP contribution is 2.30. The topological polar surface area (TPSA) is 72.1 Å². The van der Waals surface area contributed by atoms with E-state index in [2.05, 4.69) is 9.97 Å². The minimum absolute atomic E-state index is 0.0228. The van der Waals surface area contributed by atoms with Crippen LogP contribution in [-0.4, -0.2) is 29.0 Å². The Bertz CT molecular complexity index is 491. The van der Waals surface area contributed by atoms with Gasteiger partial charge in [0, 0.05) is 19.3 Å². The van der Waals surface area contributed by atoms with Crippen LogP contribution in [0.3, 0.4) is 0 Å². The molecule has 104 valence electrons. The Morgan fingerprint density at radius 1 is 1.47 bits per heavy atom. The molecule has 0 unspecified atom stereocenters. The van der Waals surface area contributed by atoms with E-state index >= 15 is 0 Å². The molecule has 2 atom stereocenters. The minimum Gasteiger partial charge on any atom is -0.369 e. The molecule has 5 nitrogen and oxygen atoms in total. The molecule has 1 saturated heterocycles. The molecular formula is C11H13F3N4O. The zero-order valence-electron chi connectivity index (χ0n) is 10.2. The van der Waals surface area contributed by atoms with Crippen molar-refractivity contribution in [2.45, 2.75) is 13.1 Å². The lowest BCUT2D eigenvalue weighted by Gasteiger charge is -2.16. The summed E-state index contributed by atoms with van der Waals surface area (Å²) in [4.78, 5) is 20.1. The fraction of sp³-hybridized carbons (Fsp3) is 0.545. The van der Waals surface area contributed by atoms with Crippen LogP contribution in [0.1, 0.15) is 12.6 Å². The average molecular weight is 274 g/mol. The summed E-state index contributed by atoms with van der Waals surface area (Å²) in [5.41, 5.74) is 4.25. The second-order valence-electron chi connectivity index (χ2n) is 4.63. The first-order valence-corrected chi connectivity index (χ1v) is 5.73. The van der Waals surface area contributed by atoms with Crippen LogP contribution in [0.15, 0.2) is 12.3 Å². The predicted molar refractivity (Wildman–Crippen MR) is 61.1 cm³/mol. The Balaban J connectivity index is 2.22. The molecule has 1 aromatic heterocycles. The third kappa shape index (κ3) is 2.77. The molecule has 19 heavy (non-hydrogen) atoms. The molecule has 2 N–H and O–H groups in total. The van der Waals surface area contributed by atoms with Gasteiger partial charge in [-0.05, 0) is 12.0 Å². The monoisotopic (exact) mass is 274 g/mol. The van der Waals surface area contributed by atoms with Crippen molar-refractivity contribution in [3.8, 4) is 0 Å². The van der Waals surface area contributed by atoms with E-state index in [9.17, 15) is 18.0 Å². The molecule has 0 saturated carbocycles. The molecule has 1 amide bonds. The summed E-state index contributed by atoms with van der Waals surface area (Å²) in [6.45, 7) is 2.48. The third-order valence-corrected chi connectivity index (χ3v) is 3.19. The standard InChI is InChI=1S/C11H13F3N4O/c1-6-4-18(5-7(6)9(15)19)10-16-3-2-8(17-10)11(12,13)14/h2-3,6-7H,4-5H2,1H3,(H2,15,19)/t6-,7-/m1/s1. The number of hydrogen-bond acceptors (Lipinski definition) is 4. The van der Waals surface area contributed by atoms with Gasteiger partial charge in [-0.1, -0.05) is 6.92 Å². The lowest BCUT2D eigenvalue weighted by atomic mass is 9.98. The largest absolute Gasteiger partial charge is 0.433 e. The number of halogens is 3. The minimum atomic E-state index is -4.51. The van der Waals surface area contributed by atoms with Gasteiger partial charge in [-0.15, -0.1) is 0 Å². The Morgan fingerprint density at radius 2 is 2.16 bits per heavy atom. The molecule has 8 heteroatoms. The molecule has 1 aromatic rings. The van der Waals surface area contributed by atoms with Gasteiger partial charge in [-0.3, -0.25) is 4.79 Å². The van der Waals surface area contributed by atoms with Crippen LogP contribution < -0.4 is 10.6 Å². The SMILES string of the molecule is C[C@@H]1CN(c2nccc(C(F)(F)F)n2)C[C@H]1C(N)=O. The summed E-state index contributed by atoms with van der Waals surface area (Å²) in [5.74, 6) is -0.902. The fourth-order valence-electron chi connectivity index (χ4n) is 2.16. The zero-order chi connectivity index (χ0) is 14.2. The van der Waals surface area contributed by atoms with E-state index in [1.807, 2.05) is 6.92 Å². The molecule has 1 aliphatic rings. The van der Waals surface area contributed by atoms with Crippen molar-refractivity contribution in [1.29, 1.82) is 0 Å². The van der Waals surface area contributed by atoms with E-state index in [1.165, 1.54) is 0 Å². The lowest BCUT2D eigenvalue weighted by molar-refractivity contribution is -0.141. The molecule has 1 fully saturated rings. The zero-order valence-corrected chi connectivity index (χ0v) is 10.2. The van der Waals surface area contributed by atoms with E-state index in [-0.39, 0.29) is 18.4 Å². The first kappa shape index (κ1) is 13.6. The Morgan fingerprint density at radius 3 is 2.68 bits per heavy atom. The number of alkyl halides is 3. The van der Waals surface area contributed by atoms with Gasteiger partial charge in [0.05, 0.1) is 5.92 Å². The van der Waals surface area contributed by atoms with Gasteiger partial charge in [-0.25, -0.2) is 9.97 Å². The smallest absolute Gasteiger partial charge is 0.369 e. The van der Waals surface area contributed by atoms with Gasteiger partial charge in [0.1, 0.15) is 5.69 Å². The molecule has 0 radical (unpaired) electrons. The normalized spacial score (nSPS) is 23.7. The number of nitrogens with zero attached hydrogens (tertiary/aromatic N) is 3. The quantitative estimate of drug-likeness (QED) is 0.875. The van der Waals surface area contributed by atoms with E-state index in [4.69, 9.17) is 5.73 Å². The maximum absolute atomic E-state index is 12.6. The van der Waals surface area contributed by atoms with Crippen molar-refractivity contribution in [1.82, 2.24) is 9.97 Å². The van der Waals surface area contributed by atoms with E-state index in [0.717, 1.165) is 12.3 Å². The summed E-state index contributed by atoms with van der Waals surface area (Å²) in [7, 11) is 0. The highest BCUT2D eigenvalue weighted by Gasteiger charge is 2.37. The molecular weight excluding hydrogens is 261 g/mol. The molecule has 0 spiro atoms. The average Bonchev–Trinajstić information content (AvgIpc) is 2.70. The van der Waals surface area contributed by atoms with Crippen LogP contribution in [0.2, 0.25) is 0 Å². The molecule has 0 aromatic carbocycles. The van der Waals surface area contributed by atoms with Crippen molar-refractivity contribution < 1.29 is 18.0 Å². The number of nitrogens with two attached hydrogens (primary N) is 1. The second kappa shape index (κ2) is 4.67. The van der Waals surface area contributed by atoms with Gasteiger partial charge in [-0.2, -0.15) is 13.2 Å². The van der Waals surface area contributed by atoms with Crippen molar-refractivity contribution in [2.75, 3.05) is 18.0 Å². The van der Waals surface area contributed by atoms with E-state index in [0.29, 0.717) is 6.54 Å². The third-order valence-electron chi connectivity index (χ3n) is 3.19. The van der Waals surface area contributed by atoms with Crippen molar-refractivity contribution in [2.24, 2.45) is 17.6 Å². The Hall–Kier alpha value is -1.86. The van der Waals surface area contributed by atoms with Gasteiger partial charge in [0.2, 0.25) is 11.9 Å². The van der Waals surface area contributed by atoms with Gasteiger partial charge >= 0.3 is 6.18 Å². The van der Waals surface area contributed by atoms with Gasteiger partial charge in [0.15, 0.2) is 0 Å². The number of carbonyl (C=O) groups is 1. The second-order valence-corrected chi connectivity index (χ2v) is 4.63. The van der Waals surface area contributed by atoms with Crippen molar-refractivity contribution >= 4 is 11.9 Å². The summed E-state index contributed by atoms with van der Waals surface area (Å²) in [6, 6.07) is 0.814. The molecule has 2 rings (SSSR count). The van der Waals surface area contributed by atoms with E-state index < -0.39 is 23.7 Å². The molecule has 1 aliphatic heterocycles. The van der Waals surface area contributed by atoms with Crippen LogP contribution >= 0.6 is 0 Å². The van der Waals surface area contributed by atoms with Crippen molar-refractivity contribution in [3.63, 3.8) is 0 Å². The number of aromatic nitrogens is 2. The number of amides is 1. The maximum atomic E-state index is 12.6. The van der Waals surface area contributed by atoms with Crippen molar-refractivity contribution in [3.05, 3.63) is 18.0 Å². The summed E-state index contributed by atoms with van der Waals surface area (Å²) in [6.07, 6.45) is -3.44. The number of primary amides is 1. The number of rotatable bonds is 2. The van der Waals surface area contributed by atoms with Crippen LogP contribution in [0, 0.1) is 11.8 Å². The highest BCUT2D eigenvalue weighted by molar-refractivity contribution is 5.78.